The van der Waals surface area contributed by atoms with Crippen molar-refractivity contribution in [1.82, 2.24) is 0 Å². The molecule has 5 nitrogen and oxygen atoms in total. The lowest BCUT2D eigenvalue weighted by molar-refractivity contribution is -0.120. The molecule has 19 heavy (non-hydrogen) atoms. The summed E-state index contributed by atoms with van der Waals surface area (Å²) < 4.78 is 11.2. The number of nitrogens with two attached hydrogens (primary N) is 1. The number of amides is 1. The number of hydrogen-bond acceptors (Lipinski definition) is 4. The Kier molecular flexibility index (Phi) is 7.15. The van der Waals surface area contributed by atoms with Crippen molar-refractivity contribution >= 4 is 39.1 Å². The molecular weight excluding hydrogens is 336 g/mol. The maximum atomic E-state index is 11.7. The summed E-state index contributed by atoms with van der Waals surface area (Å²) in [5.74, 6) is 0.252. The fourth-order valence-electron chi connectivity index (χ4n) is 1.38. The van der Waals surface area contributed by atoms with Gasteiger partial charge < -0.3 is 20.5 Å². The van der Waals surface area contributed by atoms with E-state index in [-0.39, 0.29) is 12.5 Å². The highest BCUT2D eigenvalue weighted by Crippen LogP contribution is 2.36. The molecule has 1 aromatic rings. The second-order valence-corrected chi connectivity index (χ2v) is 4.88. The van der Waals surface area contributed by atoms with Crippen molar-refractivity contribution in [2.75, 3.05) is 31.7 Å². The highest BCUT2D eigenvalue weighted by Gasteiger charge is 2.12. The van der Waals surface area contributed by atoms with Gasteiger partial charge in [0.2, 0.25) is 5.91 Å². The molecule has 1 rings (SSSR count). The maximum Gasteiger partial charge on any atom is 0.250 e. The van der Waals surface area contributed by atoms with Crippen LogP contribution in [0.1, 0.15) is 6.92 Å². The molecule has 0 aliphatic carbocycles. The summed E-state index contributed by atoms with van der Waals surface area (Å²) in [7, 11) is 0. The predicted octanol–water partition coefficient (Wildman–Crippen LogP) is 2.41. The third-order valence-electron chi connectivity index (χ3n) is 2.07. The summed E-state index contributed by atoms with van der Waals surface area (Å²) in [4.78, 5) is 11.7. The van der Waals surface area contributed by atoms with Gasteiger partial charge in [-0.15, -0.1) is 0 Å². The quantitative estimate of drug-likeness (QED) is 0.740. The first-order chi connectivity index (χ1) is 9.08. The Hall–Kier alpha value is -0.820. The molecule has 0 spiro atoms. The number of hydrogen-bond donors (Lipinski definition) is 2. The first kappa shape index (κ1) is 16.2. The van der Waals surface area contributed by atoms with Gasteiger partial charge in [0.15, 0.2) is 5.75 Å². The molecule has 0 radical (unpaired) electrons. The minimum absolute atomic E-state index is 0.0626. The number of carbonyl (C=O) groups excluding carboxylic acids is 1. The fraction of sp³-hybridized carbons (Fsp3) is 0.417. The summed E-state index contributed by atoms with van der Waals surface area (Å²) >= 11 is 9.29. The largest absolute Gasteiger partial charge is 0.491 e. The van der Waals surface area contributed by atoms with E-state index >= 15 is 0 Å². The van der Waals surface area contributed by atoms with Crippen molar-refractivity contribution in [1.29, 1.82) is 0 Å². The van der Waals surface area contributed by atoms with E-state index in [0.29, 0.717) is 40.7 Å². The maximum absolute atomic E-state index is 11.7. The summed E-state index contributed by atoms with van der Waals surface area (Å²) in [6.45, 7) is 2.99. The molecule has 0 atom stereocenters. The molecule has 0 aliphatic heterocycles. The first-order valence-electron chi connectivity index (χ1n) is 5.78. The van der Waals surface area contributed by atoms with Crippen LogP contribution in [0, 0.1) is 0 Å². The fourth-order valence-corrected chi connectivity index (χ4v) is 2.30. The van der Waals surface area contributed by atoms with Gasteiger partial charge in [0.25, 0.3) is 0 Å². The number of anilines is 1. The number of rotatable bonds is 7. The Bertz CT molecular complexity index is 443. The summed E-state index contributed by atoms with van der Waals surface area (Å²) in [6, 6.07) is 3.32. The molecule has 0 heterocycles. The molecule has 0 bridgehead atoms. The molecule has 106 valence electrons. The van der Waals surface area contributed by atoms with Crippen LogP contribution in [0.5, 0.6) is 5.75 Å². The molecule has 0 unspecified atom stereocenters. The molecule has 0 fully saturated rings. The van der Waals surface area contributed by atoms with Gasteiger partial charge in [-0.05, 0) is 35.0 Å². The van der Waals surface area contributed by atoms with Crippen LogP contribution >= 0.6 is 27.5 Å². The minimum Gasteiger partial charge on any atom is -0.491 e. The van der Waals surface area contributed by atoms with Gasteiger partial charge >= 0.3 is 0 Å². The van der Waals surface area contributed by atoms with Crippen LogP contribution in [0.25, 0.3) is 0 Å². The van der Waals surface area contributed by atoms with E-state index in [1.54, 1.807) is 12.1 Å². The molecule has 0 saturated carbocycles. The second kappa shape index (κ2) is 8.37. The van der Waals surface area contributed by atoms with Crippen LogP contribution in [-0.2, 0) is 9.53 Å². The Morgan fingerprint density at radius 3 is 2.89 bits per heavy atom. The van der Waals surface area contributed by atoms with Gasteiger partial charge in [0.05, 0.1) is 23.4 Å². The Morgan fingerprint density at radius 2 is 2.26 bits per heavy atom. The smallest absolute Gasteiger partial charge is 0.250 e. The van der Waals surface area contributed by atoms with Gasteiger partial charge in [-0.25, -0.2) is 0 Å². The van der Waals surface area contributed by atoms with E-state index in [9.17, 15) is 4.79 Å². The number of ether oxygens (including phenoxy) is 2. The Labute approximate surface area is 125 Å². The van der Waals surface area contributed by atoms with Crippen molar-refractivity contribution < 1.29 is 14.3 Å². The van der Waals surface area contributed by atoms with Gasteiger partial charge in [-0.3, -0.25) is 4.79 Å². The van der Waals surface area contributed by atoms with Crippen LogP contribution in [0.4, 0.5) is 5.69 Å². The SMILES string of the molecule is CCOc1c(Br)cc(Cl)cc1NC(=O)COCCN. The first-order valence-corrected chi connectivity index (χ1v) is 6.95. The van der Waals surface area contributed by atoms with Gasteiger partial charge in [-0.2, -0.15) is 0 Å². The molecule has 1 amide bonds. The van der Waals surface area contributed by atoms with Crippen LogP contribution < -0.4 is 15.8 Å². The van der Waals surface area contributed by atoms with Crippen LogP contribution in [0.15, 0.2) is 16.6 Å². The molecule has 0 aliphatic rings. The molecule has 3 N–H and O–H groups in total. The van der Waals surface area contributed by atoms with E-state index in [1.807, 2.05) is 6.92 Å². The average Bonchev–Trinajstić information content (AvgIpc) is 2.34. The van der Waals surface area contributed by atoms with Gasteiger partial charge in [0, 0.05) is 11.6 Å². The highest BCUT2D eigenvalue weighted by molar-refractivity contribution is 9.10. The second-order valence-electron chi connectivity index (χ2n) is 3.59. The van der Waals surface area contributed by atoms with Gasteiger partial charge in [0.1, 0.15) is 6.61 Å². The zero-order valence-corrected chi connectivity index (χ0v) is 12.9. The molecule has 0 aromatic heterocycles. The Balaban J connectivity index is 2.78. The number of carbonyl (C=O) groups is 1. The Morgan fingerprint density at radius 1 is 1.53 bits per heavy atom. The van der Waals surface area contributed by atoms with Crippen molar-refractivity contribution in [2.45, 2.75) is 6.92 Å². The van der Waals surface area contributed by atoms with E-state index in [0.717, 1.165) is 0 Å². The van der Waals surface area contributed by atoms with Crippen LogP contribution in [-0.4, -0.2) is 32.3 Å². The van der Waals surface area contributed by atoms with Crippen molar-refractivity contribution in [3.8, 4) is 5.75 Å². The standard InChI is InChI=1S/C12H16BrClN2O3/c1-2-19-12-9(13)5-8(14)6-10(12)16-11(17)7-18-4-3-15/h5-6H,2-4,7,15H2,1H3,(H,16,17). The predicted molar refractivity (Wildman–Crippen MR) is 78.8 cm³/mol. The number of nitrogens with one attached hydrogen (secondary N) is 1. The van der Waals surface area contributed by atoms with Gasteiger partial charge in [-0.1, -0.05) is 11.6 Å². The third kappa shape index (κ3) is 5.36. The zero-order valence-electron chi connectivity index (χ0n) is 10.5. The van der Waals surface area contributed by atoms with E-state index in [2.05, 4.69) is 21.2 Å². The molecule has 7 heteroatoms. The lowest BCUT2D eigenvalue weighted by Crippen LogP contribution is -2.21. The van der Waals surface area contributed by atoms with Crippen LogP contribution in [0.3, 0.4) is 0 Å². The summed E-state index contributed by atoms with van der Waals surface area (Å²) in [5, 5.41) is 3.19. The molecule has 1 aromatic carbocycles. The summed E-state index contributed by atoms with van der Waals surface area (Å²) in [6.07, 6.45) is 0. The van der Waals surface area contributed by atoms with E-state index in [4.69, 9.17) is 26.8 Å². The average molecular weight is 352 g/mol. The lowest BCUT2D eigenvalue weighted by Gasteiger charge is -2.14. The third-order valence-corrected chi connectivity index (χ3v) is 2.87. The normalized spacial score (nSPS) is 10.3. The van der Waals surface area contributed by atoms with Crippen molar-refractivity contribution in [3.05, 3.63) is 21.6 Å². The monoisotopic (exact) mass is 350 g/mol. The lowest BCUT2D eigenvalue weighted by atomic mass is 10.3. The van der Waals surface area contributed by atoms with Crippen LogP contribution in [0.2, 0.25) is 5.02 Å². The van der Waals surface area contributed by atoms with Crippen molar-refractivity contribution in [2.24, 2.45) is 5.73 Å². The molecule has 0 saturated heterocycles. The summed E-state index contributed by atoms with van der Waals surface area (Å²) in [5.41, 5.74) is 5.77. The highest BCUT2D eigenvalue weighted by atomic mass is 79.9. The van der Waals surface area contributed by atoms with Crippen molar-refractivity contribution in [3.63, 3.8) is 0 Å². The van der Waals surface area contributed by atoms with E-state index < -0.39 is 0 Å². The van der Waals surface area contributed by atoms with E-state index in [1.165, 1.54) is 0 Å². The minimum atomic E-state index is -0.288. The molecular formula is C12H16BrClN2O3. The number of benzene rings is 1. The number of halogens is 2. The zero-order chi connectivity index (χ0) is 14.3. The topological polar surface area (TPSA) is 73.6 Å².